The van der Waals surface area contributed by atoms with Crippen molar-refractivity contribution in [3.63, 3.8) is 0 Å². The maximum Gasteiger partial charge on any atom is 0.312 e. The second-order valence-electron chi connectivity index (χ2n) is 3.20. The zero-order valence-electron chi connectivity index (χ0n) is 8.23. The van der Waals surface area contributed by atoms with E-state index in [1.807, 2.05) is 0 Å². The van der Waals surface area contributed by atoms with E-state index in [1.165, 1.54) is 0 Å². The molecule has 0 unspecified atom stereocenters. The van der Waals surface area contributed by atoms with Crippen molar-refractivity contribution in [2.45, 2.75) is 20.0 Å². The Balaban J connectivity index is 3.13. The molecule has 1 rings (SSSR count). The monoisotopic (exact) mass is 231 g/mol. The molecule has 0 aliphatic rings. The van der Waals surface area contributed by atoms with E-state index in [-0.39, 0.29) is 16.9 Å². The predicted octanol–water partition coefficient (Wildman–Crippen LogP) is 2.74. The van der Waals surface area contributed by atoms with Gasteiger partial charge in [-0.25, -0.2) is 0 Å². The van der Waals surface area contributed by atoms with Crippen molar-refractivity contribution in [1.29, 1.82) is 0 Å². The summed E-state index contributed by atoms with van der Waals surface area (Å²) in [6.07, 6.45) is -0.122. The fourth-order valence-corrected chi connectivity index (χ4v) is 1.23. The quantitative estimate of drug-likeness (QED) is 0.641. The number of nitrogens with zero attached hydrogens (tertiary/aromatic N) is 1. The van der Waals surface area contributed by atoms with Crippen molar-refractivity contribution in [3.8, 4) is 11.5 Å². The molecular formula is C9H10ClNO4. The first-order valence-corrected chi connectivity index (χ1v) is 4.63. The van der Waals surface area contributed by atoms with Gasteiger partial charge in [-0.2, -0.15) is 0 Å². The highest BCUT2D eigenvalue weighted by atomic mass is 35.5. The lowest BCUT2D eigenvalue weighted by Crippen LogP contribution is -2.06. The zero-order chi connectivity index (χ0) is 11.6. The van der Waals surface area contributed by atoms with E-state index >= 15 is 0 Å². The lowest BCUT2D eigenvalue weighted by molar-refractivity contribution is -0.385. The van der Waals surface area contributed by atoms with Crippen molar-refractivity contribution in [2.75, 3.05) is 0 Å². The molecule has 0 aliphatic heterocycles. The molecule has 82 valence electrons. The second-order valence-corrected chi connectivity index (χ2v) is 3.60. The molecule has 1 N–H and O–H groups in total. The Kier molecular flexibility index (Phi) is 3.36. The SMILES string of the molecule is CC(C)Oc1cc(O)c([N+](=O)[O-])cc1Cl. The first kappa shape index (κ1) is 11.6. The number of halogens is 1. The summed E-state index contributed by atoms with van der Waals surface area (Å²) in [6, 6.07) is 2.20. The first-order valence-electron chi connectivity index (χ1n) is 4.25. The molecule has 0 heterocycles. The molecule has 0 saturated heterocycles. The standard InChI is InChI=1S/C9H10ClNO4/c1-5(2)15-9-4-8(12)7(11(13)14)3-6(9)10/h3-5,12H,1-2H3. The summed E-state index contributed by atoms with van der Waals surface area (Å²) in [5.74, 6) is -0.227. The van der Waals surface area contributed by atoms with Gasteiger partial charge in [0.2, 0.25) is 0 Å². The number of hydrogen-bond acceptors (Lipinski definition) is 4. The minimum atomic E-state index is -0.708. The van der Waals surface area contributed by atoms with Crippen molar-refractivity contribution >= 4 is 17.3 Å². The van der Waals surface area contributed by atoms with Gasteiger partial charge in [-0.3, -0.25) is 10.1 Å². The van der Waals surface area contributed by atoms with Crippen molar-refractivity contribution in [1.82, 2.24) is 0 Å². The van der Waals surface area contributed by atoms with Crippen LogP contribution in [0.15, 0.2) is 12.1 Å². The molecule has 0 fully saturated rings. The third kappa shape index (κ3) is 2.73. The van der Waals surface area contributed by atoms with Crippen LogP contribution in [-0.4, -0.2) is 16.1 Å². The fourth-order valence-electron chi connectivity index (χ4n) is 1.02. The Hall–Kier alpha value is -1.49. The number of hydrogen-bond donors (Lipinski definition) is 1. The van der Waals surface area contributed by atoms with Gasteiger partial charge in [-0.15, -0.1) is 0 Å². The number of aromatic hydroxyl groups is 1. The van der Waals surface area contributed by atoms with E-state index in [0.717, 1.165) is 12.1 Å². The maximum absolute atomic E-state index is 10.5. The molecule has 0 bridgehead atoms. The van der Waals surface area contributed by atoms with Crippen molar-refractivity contribution < 1.29 is 14.8 Å². The van der Waals surface area contributed by atoms with Crippen LogP contribution in [0.25, 0.3) is 0 Å². The molecular weight excluding hydrogens is 222 g/mol. The largest absolute Gasteiger partial charge is 0.502 e. The van der Waals surface area contributed by atoms with Gasteiger partial charge in [0.25, 0.3) is 0 Å². The number of phenolic OH excluding ortho intramolecular Hbond substituents is 1. The van der Waals surface area contributed by atoms with Crippen molar-refractivity contribution in [3.05, 3.63) is 27.3 Å². The lowest BCUT2D eigenvalue weighted by Gasteiger charge is -2.11. The van der Waals surface area contributed by atoms with Crippen LogP contribution in [0.1, 0.15) is 13.8 Å². The molecule has 0 spiro atoms. The van der Waals surface area contributed by atoms with Gasteiger partial charge >= 0.3 is 5.69 Å². The van der Waals surface area contributed by atoms with E-state index in [1.54, 1.807) is 13.8 Å². The van der Waals surface area contributed by atoms with Gasteiger partial charge < -0.3 is 9.84 Å². The summed E-state index contributed by atoms with van der Waals surface area (Å²) >= 11 is 5.75. The van der Waals surface area contributed by atoms with E-state index in [0.29, 0.717) is 0 Å². The predicted molar refractivity (Wildman–Crippen MR) is 55.5 cm³/mol. The molecule has 0 aliphatic carbocycles. The molecule has 5 nitrogen and oxygen atoms in total. The smallest absolute Gasteiger partial charge is 0.312 e. The number of phenols is 1. The highest BCUT2D eigenvalue weighted by Crippen LogP contribution is 2.36. The average molecular weight is 232 g/mol. The lowest BCUT2D eigenvalue weighted by atomic mass is 10.2. The minimum absolute atomic E-state index is 0.105. The van der Waals surface area contributed by atoms with Crippen LogP contribution in [0.3, 0.4) is 0 Å². The number of nitro groups is 1. The third-order valence-electron chi connectivity index (χ3n) is 1.59. The highest BCUT2D eigenvalue weighted by Gasteiger charge is 2.17. The summed E-state index contributed by atoms with van der Waals surface area (Å²) in [5, 5.41) is 19.9. The number of nitro benzene ring substituents is 1. The topological polar surface area (TPSA) is 72.6 Å². The Labute approximate surface area is 91.4 Å². The normalized spacial score (nSPS) is 10.4. The van der Waals surface area contributed by atoms with Gasteiger partial charge in [-0.1, -0.05) is 11.6 Å². The Morgan fingerprint density at radius 3 is 2.60 bits per heavy atom. The minimum Gasteiger partial charge on any atom is -0.502 e. The van der Waals surface area contributed by atoms with E-state index in [9.17, 15) is 15.2 Å². The molecule has 0 amide bonds. The molecule has 6 heteroatoms. The fraction of sp³-hybridized carbons (Fsp3) is 0.333. The summed E-state index contributed by atoms with van der Waals surface area (Å²) < 4.78 is 5.25. The molecule has 1 aromatic carbocycles. The van der Waals surface area contributed by atoms with Crippen LogP contribution in [0.5, 0.6) is 11.5 Å². The van der Waals surface area contributed by atoms with Gasteiger partial charge in [-0.05, 0) is 13.8 Å². The molecule has 15 heavy (non-hydrogen) atoms. The van der Waals surface area contributed by atoms with Crippen molar-refractivity contribution in [2.24, 2.45) is 0 Å². The summed E-state index contributed by atoms with van der Waals surface area (Å²) in [6.45, 7) is 3.57. The number of rotatable bonds is 3. The Morgan fingerprint density at radius 1 is 1.53 bits per heavy atom. The number of benzene rings is 1. The zero-order valence-corrected chi connectivity index (χ0v) is 8.99. The summed E-state index contributed by atoms with van der Waals surface area (Å²) in [4.78, 5) is 9.75. The maximum atomic E-state index is 10.5. The molecule has 0 radical (unpaired) electrons. The van der Waals surface area contributed by atoms with E-state index in [4.69, 9.17) is 16.3 Å². The van der Waals surface area contributed by atoms with Crippen LogP contribution >= 0.6 is 11.6 Å². The van der Waals surface area contributed by atoms with E-state index in [2.05, 4.69) is 0 Å². The molecule has 0 aromatic heterocycles. The van der Waals surface area contributed by atoms with Crippen LogP contribution < -0.4 is 4.74 Å². The molecule has 0 atom stereocenters. The molecule has 0 saturated carbocycles. The van der Waals surface area contributed by atoms with Gasteiger partial charge in [0.05, 0.1) is 16.0 Å². The highest BCUT2D eigenvalue weighted by molar-refractivity contribution is 6.32. The van der Waals surface area contributed by atoms with Crippen LogP contribution in [0.4, 0.5) is 5.69 Å². The van der Waals surface area contributed by atoms with Crippen LogP contribution in [0, 0.1) is 10.1 Å². The Morgan fingerprint density at radius 2 is 2.13 bits per heavy atom. The summed E-state index contributed by atoms with van der Waals surface area (Å²) in [5.41, 5.74) is -0.434. The van der Waals surface area contributed by atoms with Gasteiger partial charge in [0.1, 0.15) is 5.75 Å². The second kappa shape index (κ2) is 4.35. The van der Waals surface area contributed by atoms with Gasteiger partial charge in [0, 0.05) is 12.1 Å². The number of ether oxygens (including phenoxy) is 1. The first-order chi connectivity index (χ1) is 6.91. The summed E-state index contributed by atoms with van der Waals surface area (Å²) in [7, 11) is 0. The Bertz CT molecular complexity index is 392. The van der Waals surface area contributed by atoms with Crippen LogP contribution in [0.2, 0.25) is 5.02 Å². The average Bonchev–Trinajstić information content (AvgIpc) is 2.09. The van der Waals surface area contributed by atoms with Gasteiger partial charge in [0.15, 0.2) is 5.75 Å². The molecule has 1 aromatic rings. The van der Waals surface area contributed by atoms with Crippen LogP contribution in [-0.2, 0) is 0 Å². The third-order valence-corrected chi connectivity index (χ3v) is 1.88. The van der Waals surface area contributed by atoms with E-state index < -0.39 is 16.4 Å².